The number of thiol groups is 1. The molecule has 1 aromatic carbocycles. The number of terminal acetylenes is 1. The summed E-state index contributed by atoms with van der Waals surface area (Å²) in [5.74, 6) is -14.5. The first-order valence-corrected chi connectivity index (χ1v) is 37.3. The van der Waals surface area contributed by atoms with Crippen LogP contribution in [-0.2, 0) is 84.8 Å². The summed E-state index contributed by atoms with van der Waals surface area (Å²) in [6.45, 7) is 12.0. The number of aliphatic imine (C=N–C) groups is 1. The lowest BCUT2D eigenvalue weighted by atomic mass is 9.97. The van der Waals surface area contributed by atoms with Crippen molar-refractivity contribution in [3.05, 3.63) is 54.2 Å². The Morgan fingerprint density at radius 2 is 1.17 bits per heavy atom. The number of H-pyrrole nitrogens is 2. The Hall–Kier alpha value is -10.5. The lowest BCUT2D eigenvalue weighted by Crippen LogP contribution is -2.62. The van der Waals surface area contributed by atoms with E-state index in [0.29, 0.717) is 29.3 Å². The molecule has 25 N–H and O–H groups in total. The van der Waals surface area contributed by atoms with Gasteiger partial charge in [0.25, 0.3) is 0 Å². The second kappa shape index (κ2) is 48.0. The quantitative estimate of drug-likeness (QED) is 0.00636. The van der Waals surface area contributed by atoms with Crippen LogP contribution in [0.4, 0.5) is 0 Å². The fraction of sp³-hybridized carbons (Fsp3) is 0.580. The van der Waals surface area contributed by atoms with Gasteiger partial charge in [-0.25, -0.2) is 4.98 Å². The summed E-state index contributed by atoms with van der Waals surface area (Å²) in [5.41, 5.74) is 24.3. The molecule has 0 aliphatic rings. The second-order valence-corrected chi connectivity index (χ2v) is 28.1. The fourth-order valence-electron chi connectivity index (χ4n) is 10.6. The SMILES string of the molecule is C#CC[C@H](NC(=O)[C@H](CC(C)C)NC(=O)[C@H](Cc1c[nH]c2ccccc12)NC(=O)[C@H](CCCCN)NC(=O)[C@H](Cc1cnc[nH]1)NC(=O)[C@H](CSCNC(C)=O)NC(=O)[C@H](CC(=O)O)NC(=O)[C@@H](NC(=O)[C@@H](N)CS)[C@@H](C)CC)C(=O)N[C@@H](CCCN=C(N)N)C(=O)N[C@H](C(=O)NCC(=O)N[C@@H](C)C(=O)O)C(C)C. The molecule has 0 saturated carbocycles. The van der Waals surface area contributed by atoms with Crippen molar-refractivity contribution in [2.24, 2.45) is 45.7 Å². The minimum atomic E-state index is -1.86. The number of benzene rings is 1. The van der Waals surface area contributed by atoms with E-state index < -0.39 is 192 Å². The molecule has 0 saturated heterocycles. The van der Waals surface area contributed by atoms with Crippen molar-refractivity contribution in [3.8, 4) is 12.3 Å². The number of carbonyl (C=O) groups is 15. The summed E-state index contributed by atoms with van der Waals surface area (Å²) < 4.78 is 0. The number of nitrogens with two attached hydrogens (primary N) is 4. The molecule has 0 aliphatic heterocycles. The minimum absolute atomic E-state index is 0.0128. The Bertz CT molecular complexity index is 3660. The molecule has 602 valence electrons. The number of fused-ring (bicyclic) bond motifs is 1. The number of rotatable bonds is 50. The van der Waals surface area contributed by atoms with Gasteiger partial charge in [0.05, 0.1) is 31.2 Å². The van der Waals surface area contributed by atoms with Crippen LogP contribution in [0.5, 0.6) is 0 Å². The van der Waals surface area contributed by atoms with Crippen LogP contribution >= 0.6 is 24.4 Å². The maximum absolute atomic E-state index is 15.1. The average molecular weight is 1570 g/mol. The number of unbranched alkanes of at least 4 members (excludes halogenated alkanes) is 1. The van der Waals surface area contributed by atoms with Crippen molar-refractivity contribution in [3.63, 3.8) is 0 Å². The van der Waals surface area contributed by atoms with Crippen LogP contribution < -0.4 is 92.1 Å². The number of aliphatic carboxylic acids is 2. The highest BCUT2D eigenvalue weighted by Gasteiger charge is 2.38. The Morgan fingerprint density at radius 3 is 1.74 bits per heavy atom. The van der Waals surface area contributed by atoms with Crippen molar-refractivity contribution in [2.75, 3.05) is 37.0 Å². The van der Waals surface area contributed by atoms with E-state index >= 15 is 9.59 Å². The molecule has 0 fully saturated rings. The molecule has 13 atom stereocenters. The van der Waals surface area contributed by atoms with Gasteiger partial charge in [-0.05, 0) is 81.4 Å². The summed E-state index contributed by atoms with van der Waals surface area (Å²) in [7, 11) is 0. The van der Waals surface area contributed by atoms with Gasteiger partial charge in [-0.1, -0.05) is 66.2 Å². The standard InChI is InChI=1S/C69H107N21O17S2/c1-10-17-45(58(96)82-47(21-16-23-75-69(72)73)60(98)89-55(36(5)6)66(104)77-30-53(92)80-38(8)68(106)107)81-61(99)48(24-35(3)4)84-62(100)49(25-40-28-76-44-19-13-12-18-42(40)44)85-59(97)46(20-14-15-22-70)83-63(101)50(26-41-29-74-33-78-41)86-65(103)52(32-109-34-79-39(9)91)88-64(102)51(27-54(93)94)87-67(105)56(37(7)11-2)90-57(95)43(71)31-108/h1,12-13,18-19,28-29,33,35-38,43,45-52,55-56,76,108H,11,14-17,20-27,30-32,34,70-71H2,2-9H3,(H,74,78)(H,77,104)(H,79,91)(H,80,92)(H,81,99)(H,82,96)(H,83,101)(H,84,100)(H,85,97)(H,86,103)(H,87,105)(H,88,102)(H,89,98)(H,90,95)(H,93,94)(H,106,107)(H4,72,73,75)/t37-,38-,43-,45-,46-,47-,48-,49-,50-,51-,52-,55-,56-/m0/s1. The Labute approximate surface area is 641 Å². The molecule has 38 nitrogen and oxygen atoms in total. The number of thioether (sulfide) groups is 1. The number of aromatic amines is 2. The van der Waals surface area contributed by atoms with Gasteiger partial charge in [-0.15, -0.1) is 24.1 Å². The van der Waals surface area contributed by atoms with Crippen LogP contribution in [0, 0.1) is 30.1 Å². The Kier molecular flexibility index (Phi) is 40.8. The minimum Gasteiger partial charge on any atom is -0.481 e. The number of hydrogen-bond acceptors (Lipinski definition) is 21. The van der Waals surface area contributed by atoms with Gasteiger partial charge in [0.2, 0.25) is 76.8 Å². The summed E-state index contributed by atoms with van der Waals surface area (Å²) >= 11 is 4.99. The maximum atomic E-state index is 15.1. The van der Waals surface area contributed by atoms with Crippen LogP contribution in [0.15, 0.2) is 48.0 Å². The Balaban J connectivity index is 2.07. The lowest BCUT2D eigenvalue weighted by molar-refractivity contribution is -0.142. The van der Waals surface area contributed by atoms with Gasteiger partial charge in [0.15, 0.2) is 5.96 Å². The highest BCUT2D eigenvalue weighted by molar-refractivity contribution is 7.99. The number of nitrogens with one attached hydrogen (secondary N) is 15. The first-order valence-electron chi connectivity index (χ1n) is 35.5. The molecule has 3 rings (SSSR count). The highest BCUT2D eigenvalue weighted by Crippen LogP contribution is 2.21. The van der Waals surface area contributed by atoms with Crippen LogP contribution in [0.25, 0.3) is 10.9 Å². The molecule has 2 aromatic heterocycles. The van der Waals surface area contributed by atoms with Gasteiger partial charge in [-0.2, -0.15) is 12.6 Å². The molecule has 0 bridgehead atoms. The number of para-hydroxylation sites is 1. The number of guanidine groups is 1. The van der Waals surface area contributed by atoms with Crippen LogP contribution in [0.2, 0.25) is 0 Å². The number of carbonyl (C=O) groups excluding carboxylic acids is 13. The summed E-state index contributed by atoms with van der Waals surface area (Å²) in [6.07, 6.45) is 8.63. The van der Waals surface area contributed by atoms with E-state index in [4.69, 9.17) is 29.4 Å². The Morgan fingerprint density at radius 1 is 0.633 bits per heavy atom. The normalized spacial score (nSPS) is 14.7. The maximum Gasteiger partial charge on any atom is 0.325 e. The number of aromatic nitrogens is 3. The zero-order valence-electron chi connectivity index (χ0n) is 62.4. The topological polar surface area (TPSA) is 614 Å². The molecule has 0 aliphatic carbocycles. The van der Waals surface area contributed by atoms with E-state index in [0.717, 1.165) is 11.8 Å². The average Bonchev–Trinajstić information content (AvgIpc) is 1.72. The summed E-state index contributed by atoms with van der Waals surface area (Å²) in [6, 6.07) is -10.6. The molecule has 0 radical (unpaired) electrons. The fourth-order valence-corrected chi connectivity index (χ4v) is 11.7. The van der Waals surface area contributed by atoms with E-state index in [1.54, 1.807) is 72.0 Å². The number of imidazole rings is 1. The van der Waals surface area contributed by atoms with E-state index in [1.807, 2.05) is 0 Å². The monoisotopic (exact) mass is 1570 g/mol. The zero-order valence-corrected chi connectivity index (χ0v) is 64.1. The number of amides is 13. The highest BCUT2D eigenvalue weighted by atomic mass is 32.2. The van der Waals surface area contributed by atoms with E-state index in [-0.39, 0.29) is 93.0 Å². The van der Waals surface area contributed by atoms with Gasteiger partial charge >= 0.3 is 11.9 Å². The van der Waals surface area contributed by atoms with Gasteiger partial charge in [0.1, 0.15) is 66.5 Å². The smallest absolute Gasteiger partial charge is 0.325 e. The van der Waals surface area contributed by atoms with Crippen molar-refractivity contribution >= 4 is 130 Å². The predicted octanol–water partition coefficient (Wildman–Crippen LogP) is -4.26. The van der Waals surface area contributed by atoms with E-state index in [2.05, 4.69) is 108 Å². The van der Waals surface area contributed by atoms with Crippen LogP contribution in [0.3, 0.4) is 0 Å². The van der Waals surface area contributed by atoms with Gasteiger partial charge in [-0.3, -0.25) is 76.9 Å². The third-order valence-corrected chi connectivity index (χ3v) is 18.2. The molecule has 3 aromatic rings. The first-order chi connectivity index (χ1) is 51.5. The van der Waals surface area contributed by atoms with Crippen molar-refractivity contribution in [1.29, 1.82) is 0 Å². The molecule has 0 unspecified atom stereocenters. The molecule has 40 heteroatoms. The summed E-state index contributed by atoms with van der Waals surface area (Å²) in [5, 5.41) is 52.9. The third-order valence-electron chi connectivity index (χ3n) is 16.9. The van der Waals surface area contributed by atoms with Crippen molar-refractivity contribution < 1.29 is 82.1 Å². The van der Waals surface area contributed by atoms with Gasteiger partial charge in [0, 0.05) is 73.2 Å². The van der Waals surface area contributed by atoms with Crippen molar-refractivity contribution in [2.45, 2.75) is 199 Å². The predicted molar refractivity (Wildman–Crippen MR) is 407 cm³/mol. The molecular formula is C69H107N21O17S2. The third kappa shape index (κ3) is 33.2. The van der Waals surface area contributed by atoms with Crippen LogP contribution in [-0.4, -0.2) is 229 Å². The first kappa shape index (κ1) is 92.7. The van der Waals surface area contributed by atoms with E-state index in [1.165, 1.54) is 26.4 Å². The number of nitrogens with zero attached hydrogens (tertiary/aromatic N) is 2. The number of carboxylic acids is 2. The molecule has 0 spiro atoms. The number of carboxylic acid groups (broad SMARTS) is 2. The summed E-state index contributed by atoms with van der Waals surface area (Å²) in [4.78, 5) is 219. The molecule has 2 heterocycles. The van der Waals surface area contributed by atoms with Gasteiger partial charge < -0.3 is 112 Å². The largest absolute Gasteiger partial charge is 0.481 e. The number of hydrogen-bond donors (Lipinski definition) is 22. The lowest BCUT2D eigenvalue weighted by Gasteiger charge is -2.29. The van der Waals surface area contributed by atoms with Crippen LogP contribution in [0.1, 0.15) is 124 Å². The molecule has 13 amide bonds. The van der Waals surface area contributed by atoms with Crippen molar-refractivity contribution in [1.82, 2.24) is 84.1 Å². The molecular weight excluding hydrogens is 1460 g/mol. The molecule has 109 heavy (non-hydrogen) atoms. The second-order valence-electron chi connectivity index (χ2n) is 26.7. The zero-order chi connectivity index (χ0) is 81.6. The van der Waals surface area contributed by atoms with E-state index in [9.17, 15) is 72.5 Å².